The van der Waals surface area contributed by atoms with Crippen LogP contribution in [0, 0.1) is 0 Å². The maximum atomic E-state index is 11.1. The average Bonchev–Trinajstić information content (AvgIpc) is 3.18. The Labute approximate surface area is 171 Å². The molecule has 0 bridgehead atoms. The average molecular weight is 396 g/mol. The van der Waals surface area contributed by atoms with Crippen LogP contribution in [0.5, 0.6) is 11.5 Å². The number of thiazole rings is 1. The molecule has 0 saturated carbocycles. The van der Waals surface area contributed by atoms with Gasteiger partial charge in [0.15, 0.2) is 0 Å². The molecule has 4 nitrogen and oxygen atoms in total. The van der Waals surface area contributed by atoms with Gasteiger partial charge in [-0.25, -0.2) is 4.98 Å². The molecule has 0 aliphatic carbocycles. The largest absolute Gasteiger partial charge is 0.507 e. The first kappa shape index (κ1) is 17.4. The molecule has 140 valence electrons. The zero-order valence-corrected chi connectivity index (χ0v) is 16.1. The van der Waals surface area contributed by atoms with Crippen molar-refractivity contribution in [3.8, 4) is 22.1 Å². The number of benzene rings is 4. The Bertz CT molecular complexity index is 1360. The van der Waals surface area contributed by atoms with E-state index in [-0.39, 0.29) is 11.5 Å². The molecule has 29 heavy (non-hydrogen) atoms. The van der Waals surface area contributed by atoms with E-state index < -0.39 is 0 Å². The molecule has 4 aromatic carbocycles. The fraction of sp³-hybridized carbons (Fsp3) is 0. The molecule has 0 radical (unpaired) electrons. The predicted octanol–water partition coefficient (Wildman–Crippen LogP) is 6.28. The normalized spacial score (nSPS) is 11.6. The number of phenols is 2. The lowest BCUT2D eigenvalue weighted by atomic mass is 10.00. The first-order chi connectivity index (χ1) is 14.2. The second-order valence-electron chi connectivity index (χ2n) is 6.64. The highest BCUT2D eigenvalue weighted by Crippen LogP contribution is 2.40. The Balaban J connectivity index is 1.72. The summed E-state index contributed by atoms with van der Waals surface area (Å²) >= 11 is 1.54. The smallest absolute Gasteiger partial charge is 0.141 e. The highest BCUT2D eigenvalue weighted by Gasteiger charge is 2.16. The Kier molecular flexibility index (Phi) is 4.22. The van der Waals surface area contributed by atoms with Crippen LogP contribution in [0.4, 0.5) is 5.69 Å². The number of nitrogens with zero attached hydrogens (tertiary/aromatic N) is 2. The van der Waals surface area contributed by atoms with Crippen LogP contribution in [0.2, 0.25) is 0 Å². The molecule has 2 N–H and O–H groups in total. The molecule has 0 aliphatic heterocycles. The van der Waals surface area contributed by atoms with Gasteiger partial charge in [-0.3, -0.25) is 4.99 Å². The molecule has 0 spiro atoms. The Hall–Kier alpha value is -3.70. The molecule has 0 amide bonds. The molecule has 5 aromatic rings. The van der Waals surface area contributed by atoms with Crippen molar-refractivity contribution in [1.29, 1.82) is 0 Å². The number of aromatic nitrogens is 1. The summed E-state index contributed by atoms with van der Waals surface area (Å²) in [6.07, 6.45) is 1.60. The molecular weight excluding hydrogens is 380 g/mol. The van der Waals surface area contributed by atoms with Crippen molar-refractivity contribution in [3.05, 3.63) is 84.4 Å². The summed E-state index contributed by atoms with van der Waals surface area (Å²) in [6.45, 7) is 0. The van der Waals surface area contributed by atoms with Crippen LogP contribution in [-0.4, -0.2) is 21.4 Å². The Morgan fingerprint density at radius 2 is 1.62 bits per heavy atom. The summed E-state index contributed by atoms with van der Waals surface area (Å²) in [7, 11) is 0. The molecule has 1 aromatic heterocycles. The molecule has 0 atom stereocenters. The van der Waals surface area contributed by atoms with Gasteiger partial charge < -0.3 is 10.2 Å². The van der Waals surface area contributed by atoms with E-state index in [0.29, 0.717) is 16.8 Å². The maximum absolute atomic E-state index is 11.1. The quantitative estimate of drug-likeness (QED) is 0.353. The van der Waals surface area contributed by atoms with E-state index in [2.05, 4.69) is 4.99 Å². The molecule has 5 heteroatoms. The monoisotopic (exact) mass is 396 g/mol. The third-order valence-corrected chi connectivity index (χ3v) is 5.87. The van der Waals surface area contributed by atoms with Gasteiger partial charge in [0.05, 0.1) is 15.8 Å². The topological polar surface area (TPSA) is 65.7 Å². The van der Waals surface area contributed by atoms with E-state index >= 15 is 0 Å². The summed E-state index contributed by atoms with van der Waals surface area (Å²) in [5, 5.41) is 23.7. The van der Waals surface area contributed by atoms with Gasteiger partial charge in [-0.05, 0) is 41.1 Å². The number of para-hydroxylation sites is 3. The summed E-state index contributed by atoms with van der Waals surface area (Å²) in [6, 6.07) is 24.6. The highest BCUT2D eigenvalue weighted by atomic mass is 32.1. The minimum absolute atomic E-state index is 0.0925. The number of aliphatic imine (C=N–C) groups is 1. The lowest BCUT2D eigenvalue weighted by Crippen LogP contribution is -1.90. The van der Waals surface area contributed by atoms with Crippen LogP contribution < -0.4 is 0 Å². The fourth-order valence-corrected chi connectivity index (χ4v) is 4.34. The van der Waals surface area contributed by atoms with Gasteiger partial charge in [-0.2, -0.15) is 0 Å². The van der Waals surface area contributed by atoms with Crippen LogP contribution in [0.3, 0.4) is 0 Å². The van der Waals surface area contributed by atoms with Crippen LogP contribution in [0.25, 0.3) is 31.6 Å². The van der Waals surface area contributed by atoms with Gasteiger partial charge in [-0.1, -0.05) is 48.5 Å². The summed E-state index contributed by atoms with van der Waals surface area (Å²) in [4.78, 5) is 9.11. The van der Waals surface area contributed by atoms with E-state index in [9.17, 15) is 10.2 Å². The fourth-order valence-electron chi connectivity index (χ4n) is 3.35. The number of phenolic OH excluding ortho intramolecular Hbond substituents is 2. The minimum atomic E-state index is 0.0925. The summed E-state index contributed by atoms with van der Waals surface area (Å²) < 4.78 is 1.07. The second kappa shape index (κ2) is 7.04. The van der Waals surface area contributed by atoms with Crippen molar-refractivity contribution >= 4 is 44.2 Å². The third-order valence-electron chi connectivity index (χ3n) is 4.80. The van der Waals surface area contributed by atoms with Crippen molar-refractivity contribution in [2.24, 2.45) is 4.99 Å². The summed E-state index contributed by atoms with van der Waals surface area (Å²) in [5.74, 6) is 0.219. The van der Waals surface area contributed by atoms with E-state index in [1.165, 1.54) is 0 Å². The summed E-state index contributed by atoms with van der Waals surface area (Å²) in [5.41, 5.74) is 2.62. The number of fused-ring (bicyclic) bond motifs is 2. The SMILES string of the molecule is Oc1ccccc1N=Cc1c(O)c(-c2nc3ccccc3s2)cc2ccccc12. The van der Waals surface area contributed by atoms with Gasteiger partial charge in [-0.15, -0.1) is 11.3 Å². The van der Waals surface area contributed by atoms with E-state index in [1.54, 1.807) is 35.8 Å². The first-order valence-corrected chi connectivity index (χ1v) is 9.95. The highest BCUT2D eigenvalue weighted by molar-refractivity contribution is 7.21. The number of aromatic hydroxyl groups is 2. The van der Waals surface area contributed by atoms with E-state index in [1.807, 2.05) is 60.7 Å². The number of hydrogen-bond acceptors (Lipinski definition) is 5. The van der Waals surface area contributed by atoms with Crippen molar-refractivity contribution in [1.82, 2.24) is 4.98 Å². The lowest BCUT2D eigenvalue weighted by molar-refractivity contribution is 0.476. The Morgan fingerprint density at radius 3 is 2.48 bits per heavy atom. The van der Waals surface area contributed by atoms with Crippen molar-refractivity contribution in [2.75, 3.05) is 0 Å². The van der Waals surface area contributed by atoms with Gasteiger partial charge in [0.2, 0.25) is 0 Å². The second-order valence-corrected chi connectivity index (χ2v) is 7.67. The van der Waals surface area contributed by atoms with Crippen LogP contribution in [-0.2, 0) is 0 Å². The molecule has 5 rings (SSSR count). The van der Waals surface area contributed by atoms with Gasteiger partial charge in [0, 0.05) is 11.8 Å². The zero-order valence-electron chi connectivity index (χ0n) is 15.3. The molecule has 1 heterocycles. The molecule has 0 aliphatic rings. The maximum Gasteiger partial charge on any atom is 0.141 e. The number of hydrogen-bond donors (Lipinski definition) is 2. The first-order valence-electron chi connectivity index (χ1n) is 9.13. The molecule has 0 unspecified atom stereocenters. The lowest BCUT2D eigenvalue weighted by Gasteiger charge is -2.10. The zero-order chi connectivity index (χ0) is 19.8. The van der Waals surface area contributed by atoms with Crippen molar-refractivity contribution < 1.29 is 10.2 Å². The van der Waals surface area contributed by atoms with E-state index in [4.69, 9.17) is 4.98 Å². The molecular formula is C24H16N2O2S. The van der Waals surface area contributed by atoms with Crippen molar-refractivity contribution in [3.63, 3.8) is 0 Å². The Morgan fingerprint density at radius 1 is 0.862 bits per heavy atom. The van der Waals surface area contributed by atoms with Gasteiger partial charge in [0.25, 0.3) is 0 Å². The van der Waals surface area contributed by atoms with Crippen molar-refractivity contribution in [2.45, 2.75) is 0 Å². The van der Waals surface area contributed by atoms with Gasteiger partial charge >= 0.3 is 0 Å². The standard InChI is InChI=1S/C24H16N2O2S/c27-21-11-5-3-9-19(21)25-14-18-16-8-2-1-7-15(16)13-17(23(18)28)24-26-20-10-4-6-12-22(20)29-24/h1-14,27-28H. The van der Waals surface area contributed by atoms with E-state index in [0.717, 1.165) is 26.0 Å². The number of rotatable bonds is 3. The van der Waals surface area contributed by atoms with Crippen LogP contribution >= 0.6 is 11.3 Å². The van der Waals surface area contributed by atoms with Crippen LogP contribution in [0.1, 0.15) is 5.56 Å². The predicted molar refractivity (Wildman–Crippen MR) is 120 cm³/mol. The minimum Gasteiger partial charge on any atom is -0.507 e. The molecule has 0 saturated heterocycles. The molecule has 0 fully saturated rings. The van der Waals surface area contributed by atoms with Crippen LogP contribution in [0.15, 0.2) is 83.9 Å². The third kappa shape index (κ3) is 3.11. The van der Waals surface area contributed by atoms with Gasteiger partial charge in [0.1, 0.15) is 22.2 Å².